The van der Waals surface area contributed by atoms with E-state index in [1.54, 1.807) is 31.3 Å². The molecule has 2 atom stereocenters. The molecule has 4 N–H and O–H groups in total. The molecule has 0 saturated heterocycles. The lowest BCUT2D eigenvalue weighted by Gasteiger charge is -2.14. The van der Waals surface area contributed by atoms with Crippen molar-refractivity contribution in [2.75, 3.05) is 12.4 Å². The number of sulfonamides is 1. The molecule has 1 aromatic rings. The molecule has 116 valence electrons. The molecular formula is C13H18ClN3O3S. The van der Waals surface area contributed by atoms with Gasteiger partial charge in [-0.1, -0.05) is 18.2 Å². The zero-order chi connectivity index (χ0) is 15.0. The molecule has 1 aliphatic rings. The number of halogens is 1. The molecule has 0 bridgehead atoms. The Hall–Kier alpha value is -1.57. The molecule has 0 heterocycles. The van der Waals surface area contributed by atoms with Crippen LogP contribution in [0.4, 0.5) is 5.69 Å². The number of anilines is 1. The zero-order valence-electron chi connectivity index (χ0n) is 11.5. The first-order valence-electron chi connectivity index (χ1n) is 6.10. The van der Waals surface area contributed by atoms with Gasteiger partial charge in [-0.3, -0.25) is 4.79 Å². The molecule has 2 rings (SSSR count). The van der Waals surface area contributed by atoms with Gasteiger partial charge in [0.15, 0.2) is 0 Å². The van der Waals surface area contributed by atoms with Crippen LogP contribution in [0.3, 0.4) is 0 Å². The Bertz CT molecular complexity index is 662. The van der Waals surface area contributed by atoms with Gasteiger partial charge in [-0.2, -0.15) is 0 Å². The number of nitrogens with two attached hydrogens (primary N) is 1. The van der Waals surface area contributed by atoms with E-state index in [1.165, 1.54) is 6.07 Å². The van der Waals surface area contributed by atoms with Gasteiger partial charge in [-0.15, -0.1) is 19.0 Å². The Morgan fingerprint density at radius 3 is 2.62 bits per heavy atom. The average molecular weight is 332 g/mol. The smallest absolute Gasteiger partial charge is 0.266 e. The summed E-state index contributed by atoms with van der Waals surface area (Å²) in [6, 6.07) is 6.32. The van der Waals surface area contributed by atoms with Crippen molar-refractivity contribution in [3.8, 4) is 0 Å². The molecule has 8 heteroatoms. The number of benzene rings is 1. The minimum Gasteiger partial charge on any atom is -0.387 e. The monoisotopic (exact) mass is 331 g/mol. The van der Waals surface area contributed by atoms with Gasteiger partial charge >= 0.3 is 0 Å². The van der Waals surface area contributed by atoms with Crippen molar-refractivity contribution < 1.29 is 13.2 Å². The normalized spacial score (nSPS) is 23.6. The summed E-state index contributed by atoms with van der Waals surface area (Å²) in [6.45, 7) is 3.56. The third-order valence-electron chi connectivity index (χ3n) is 3.44. The minimum atomic E-state index is -3.95. The average Bonchev–Trinajstić information content (AvgIpc) is 3.11. The van der Waals surface area contributed by atoms with Gasteiger partial charge in [-0.05, 0) is 18.6 Å². The number of hydrogen-bond donors (Lipinski definition) is 3. The predicted molar refractivity (Wildman–Crippen MR) is 83.8 cm³/mol. The minimum absolute atomic E-state index is 0. The Morgan fingerprint density at radius 2 is 2.10 bits per heavy atom. The van der Waals surface area contributed by atoms with Gasteiger partial charge in [0.05, 0.1) is 5.69 Å². The second kappa shape index (κ2) is 6.05. The highest BCUT2D eigenvalue weighted by Gasteiger charge is 2.56. The number of carbonyl (C=O) groups excluding carboxylic acids is 1. The maximum Gasteiger partial charge on any atom is 0.266 e. The van der Waals surface area contributed by atoms with E-state index in [0.717, 1.165) is 0 Å². The number of para-hydroxylation sites is 1. The molecule has 1 aromatic carbocycles. The molecule has 0 aromatic heterocycles. The maximum atomic E-state index is 12.2. The summed E-state index contributed by atoms with van der Waals surface area (Å²) < 4.78 is 26.5. The zero-order valence-corrected chi connectivity index (χ0v) is 13.1. The Kier molecular flexibility index (Phi) is 5.03. The van der Waals surface area contributed by atoms with Crippen LogP contribution in [0.2, 0.25) is 0 Å². The summed E-state index contributed by atoms with van der Waals surface area (Å²) in [5.74, 6) is -0.884. The predicted octanol–water partition coefficient (Wildman–Crippen LogP) is 0.858. The molecule has 1 aliphatic carbocycles. The molecular weight excluding hydrogens is 314 g/mol. The fraction of sp³-hybridized carbons (Fsp3) is 0.308. The Morgan fingerprint density at radius 1 is 1.48 bits per heavy atom. The van der Waals surface area contributed by atoms with Crippen molar-refractivity contribution >= 4 is 34.0 Å². The van der Waals surface area contributed by atoms with Crippen LogP contribution in [0.1, 0.15) is 6.42 Å². The summed E-state index contributed by atoms with van der Waals surface area (Å²) in [5, 5.41) is 2.77. The lowest BCUT2D eigenvalue weighted by atomic mass is 10.2. The van der Waals surface area contributed by atoms with Crippen LogP contribution >= 0.6 is 12.4 Å². The van der Waals surface area contributed by atoms with Gasteiger partial charge in [0.1, 0.15) is 10.4 Å². The summed E-state index contributed by atoms with van der Waals surface area (Å²) in [6.07, 6.45) is 1.97. The van der Waals surface area contributed by atoms with E-state index in [-0.39, 0.29) is 23.2 Å². The molecule has 1 amide bonds. The van der Waals surface area contributed by atoms with Crippen LogP contribution in [-0.2, 0) is 14.8 Å². The summed E-state index contributed by atoms with van der Waals surface area (Å²) in [4.78, 5) is 12.0. The number of carbonyl (C=O) groups is 1. The number of amides is 1. The van der Waals surface area contributed by atoms with Crippen LogP contribution in [0.5, 0.6) is 0 Å². The number of rotatable bonds is 5. The quantitative estimate of drug-likeness (QED) is 0.695. The van der Waals surface area contributed by atoms with Crippen LogP contribution in [0.25, 0.3) is 0 Å². The molecule has 1 fully saturated rings. The first kappa shape index (κ1) is 17.5. The van der Waals surface area contributed by atoms with Gasteiger partial charge in [0, 0.05) is 13.0 Å². The van der Waals surface area contributed by atoms with Crippen molar-refractivity contribution in [1.29, 1.82) is 0 Å². The van der Waals surface area contributed by atoms with Gasteiger partial charge in [0.25, 0.3) is 15.9 Å². The standard InChI is InChI=1S/C13H17N3O3S.ClH/c1-3-9-8-13(9,14)12(17)16-20(18,19)11-7-5-4-6-10(11)15-2;/h3-7,9,15H,1,8,14H2,2H3,(H,16,17);1H/t9-,13-;/m1./s1. The van der Waals surface area contributed by atoms with Crippen molar-refractivity contribution in [2.45, 2.75) is 16.9 Å². The summed E-state index contributed by atoms with van der Waals surface area (Å²) >= 11 is 0. The van der Waals surface area contributed by atoms with E-state index >= 15 is 0 Å². The fourth-order valence-electron chi connectivity index (χ4n) is 2.04. The molecule has 0 radical (unpaired) electrons. The van der Waals surface area contributed by atoms with Crippen molar-refractivity contribution in [3.05, 3.63) is 36.9 Å². The third-order valence-corrected chi connectivity index (χ3v) is 4.83. The highest BCUT2D eigenvalue weighted by atomic mass is 35.5. The van der Waals surface area contributed by atoms with E-state index in [4.69, 9.17) is 5.73 Å². The summed E-state index contributed by atoms with van der Waals surface area (Å²) in [5.41, 5.74) is 5.09. The van der Waals surface area contributed by atoms with Gasteiger partial charge < -0.3 is 11.1 Å². The van der Waals surface area contributed by atoms with Crippen LogP contribution in [0.15, 0.2) is 41.8 Å². The maximum absolute atomic E-state index is 12.2. The molecule has 0 unspecified atom stereocenters. The number of hydrogen-bond acceptors (Lipinski definition) is 5. The van der Waals surface area contributed by atoms with E-state index in [0.29, 0.717) is 12.1 Å². The highest BCUT2D eigenvalue weighted by molar-refractivity contribution is 7.90. The first-order chi connectivity index (χ1) is 9.35. The van der Waals surface area contributed by atoms with Crippen LogP contribution in [-0.4, -0.2) is 26.9 Å². The largest absolute Gasteiger partial charge is 0.387 e. The van der Waals surface area contributed by atoms with Crippen molar-refractivity contribution in [3.63, 3.8) is 0 Å². The molecule has 1 saturated carbocycles. The Balaban J connectivity index is 0.00000220. The highest BCUT2D eigenvalue weighted by Crippen LogP contribution is 2.42. The molecule has 6 nitrogen and oxygen atoms in total. The first-order valence-corrected chi connectivity index (χ1v) is 7.59. The lowest BCUT2D eigenvalue weighted by molar-refractivity contribution is -0.121. The third kappa shape index (κ3) is 3.20. The molecule has 0 aliphatic heterocycles. The number of nitrogens with one attached hydrogen (secondary N) is 2. The SMILES string of the molecule is C=C[C@@H]1C[C@]1(N)C(=O)NS(=O)(=O)c1ccccc1NC.Cl. The van der Waals surface area contributed by atoms with E-state index in [2.05, 4.69) is 11.9 Å². The molecule has 0 spiro atoms. The van der Waals surface area contributed by atoms with Crippen LogP contribution in [0, 0.1) is 5.92 Å². The second-order valence-electron chi connectivity index (χ2n) is 4.77. The lowest BCUT2D eigenvalue weighted by Crippen LogP contribution is -2.46. The van der Waals surface area contributed by atoms with Crippen LogP contribution < -0.4 is 15.8 Å². The van der Waals surface area contributed by atoms with Crippen molar-refractivity contribution in [2.24, 2.45) is 11.7 Å². The van der Waals surface area contributed by atoms with E-state index in [9.17, 15) is 13.2 Å². The van der Waals surface area contributed by atoms with Gasteiger partial charge in [0.2, 0.25) is 0 Å². The van der Waals surface area contributed by atoms with Crippen molar-refractivity contribution in [1.82, 2.24) is 4.72 Å². The topological polar surface area (TPSA) is 101 Å². The second-order valence-corrected chi connectivity index (χ2v) is 6.42. The summed E-state index contributed by atoms with van der Waals surface area (Å²) in [7, 11) is -2.35. The van der Waals surface area contributed by atoms with E-state index in [1.807, 2.05) is 4.72 Å². The van der Waals surface area contributed by atoms with E-state index < -0.39 is 21.5 Å². The Labute approximate surface area is 130 Å². The fourth-order valence-corrected chi connectivity index (χ4v) is 3.30. The molecule has 21 heavy (non-hydrogen) atoms. The van der Waals surface area contributed by atoms with Gasteiger partial charge in [-0.25, -0.2) is 13.1 Å².